The molecule has 0 aromatic heterocycles. The van der Waals surface area contributed by atoms with Gasteiger partial charge >= 0.3 is 0 Å². The molecule has 0 saturated heterocycles. The molecule has 0 aliphatic rings. The molecule has 0 fully saturated rings. The highest BCUT2D eigenvalue weighted by molar-refractivity contribution is 5.81. The van der Waals surface area contributed by atoms with Gasteiger partial charge in [-0.2, -0.15) is 5.26 Å². The van der Waals surface area contributed by atoms with E-state index in [4.69, 9.17) is 15.7 Å². The zero-order valence-electron chi connectivity index (χ0n) is 12.1. The maximum Gasteiger partial charge on any atom is 0.260 e. The average Bonchev–Trinajstić information content (AvgIpc) is 2.41. The number of ether oxygens (including phenoxy) is 1. The number of nitrogens with zero attached hydrogens (tertiary/aromatic N) is 1. The minimum atomic E-state index is -0.635. The number of hydrogen-bond acceptors (Lipinski definition) is 4. The van der Waals surface area contributed by atoms with Crippen molar-refractivity contribution in [3.05, 3.63) is 23.8 Å². The molecule has 108 valence electrons. The van der Waals surface area contributed by atoms with Crippen LogP contribution in [0.15, 0.2) is 18.2 Å². The molecule has 1 amide bonds. The Balaban J connectivity index is 2.64. The standard InChI is InChI=1S/C15H21N3O2/c1-4-5-10(2)18-15(19)11(3)20-14-7-6-12(9-16)8-13(14)17/h6-8,10-11H,4-5,17H2,1-3H3,(H,18,19). The lowest BCUT2D eigenvalue weighted by atomic mass is 10.2. The molecule has 2 unspecified atom stereocenters. The smallest absolute Gasteiger partial charge is 0.260 e. The summed E-state index contributed by atoms with van der Waals surface area (Å²) in [7, 11) is 0. The van der Waals surface area contributed by atoms with Crippen LogP contribution < -0.4 is 15.8 Å². The lowest BCUT2D eigenvalue weighted by Crippen LogP contribution is -2.41. The molecule has 0 heterocycles. The van der Waals surface area contributed by atoms with E-state index in [9.17, 15) is 4.79 Å². The van der Waals surface area contributed by atoms with E-state index in [1.165, 1.54) is 6.07 Å². The highest BCUT2D eigenvalue weighted by Gasteiger charge is 2.17. The quantitative estimate of drug-likeness (QED) is 0.779. The third-order valence-electron chi connectivity index (χ3n) is 2.92. The molecule has 0 spiro atoms. The second-order valence-corrected chi connectivity index (χ2v) is 4.82. The molecule has 0 saturated carbocycles. The van der Waals surface area contributed by atoms with Crippen LogP contribution in [0.1, 0.15) is 39.2 Å². The van der Waals surface area contributed by atoms with Crippen molar-refractivity contribution in [2.75, 3.05) is 5.73 Å². The molecule has 3 N–H and O–H groups in total. The van der Waals surface area contributed by atoms with Crippen LogP contribution in [0.4, 0.5) is 5.69 Å². The maximum atomic E-state index is 11.9. The summed E-state index contributed by atoms with van der Waals surface area (Å²) in [4.78, 5) is 11.9. The van der Waals surface area contributed by atoms with Gasteiger partial charge in [0, 0.05) is 6.04 Å². The first-order valence-corrected chi connectivity index (χ1v) is 6.74. The van der Waals surface area contributed by atoms with E-state index in [0.717, 1.165) is 12.8 Å². The third kappa shape index (κ3) is 4.47. The Kier molecular flexibility index (Phi) is 5.85. The molecule has 1 aromatic carbocycles. The zero-order valence-corrected chi connectivity index (χ0v) is 12.1. The fourth-order valence-electron chi connectivity index (χ4n) is 1.83. The Morgan fingerprint density at radius 2 is 2.20 bits per heavy atom. The monoisotopic (exact) mass is 275 g/mol. The summed E-state index contributed by atoms with van der Waals surface area (Å²) >= 11 is 0. The summed E-state index contributed by atoms with van der Waals surface area (Å²) < 4.78 is 5.54. The number of nitriles is 1. The van der Waals surface area contributed by atoms with E-state index in [0.29, 0.717) is 17.0 Å². The number of amides is 1. The van der Waals surface area contributed by atoms with Crippen LogP contribution in [-0.2, 0) is 4.79 Å². The van der Waals surface area contributed by atoms with E-state index < -0.39 is 6.10 Å². The predicted molar refractivity (Wildman–Crippen MR) is 78.2 cm³/mol. The number of carbonyl (C=O) groups excluding carboxylic acids is 1. The van der Waals surface area contributed by atoms with Crippen LogP contribution in [0.2, 0.25) is 0 Å². The SMILES string of the molecule is CCCC(C)NC(=O)C(C)Oc1ccc(C#N)cc1N. The van der Waals surface area contributed by atoms with Gasteiger partial charge in [-0.1, -0.05) is 13.3 Å². The summed E-state index contributed by atoms with van der Waals surface area (Å²) in [5.41, 5.74) is 6.60. The van der Waals surface area contributed by atoms with Gasteiger partial charge in [0.2, 0.25) is 0 Å². The minimum absolute atomic E-state index is 0.122. The number of nitrogens with two attached hydrogens (primary N) is 1. The van der Waals surface area contributed by atoms with Crippen molar-refractivity contribution in [1.29, 1.82) is 5.26 Å². The van der Waals surface area contributed by atoms with Gasteiger partial charge in [0.05, 0.1) is 17.3 Å². The van der Waals surface area contributed by atoms with Gasteiger partial charge in [-0.15, -0.1) is 0 Å². The van der Waals surface area contributed by atoms with Crippen LogP contribution in [0.25, 0.3) is 0 Å². The summed E-state index contributed by atoms with van der Waals surface area (Å²) in [6.45, 7) is 5.70. The van der Waals surface area contributed by atoms with Gasteiger partial charge in [-0.05, 0) is 38.5 Å². The Morgan fingerprint density at radius 3 is 2.75 bits per heavy atom. The number of nitrogen functional groups attached to an aromatic ring is 1. The van der Waals surface area contributed by atoms with E-state index in [2.05, 4.69) is 12.2 Å². The van der Waals surface area contributed by atoms with Crippen LogP contribution in [0.5, 0.6) is 5.75 Å². The number of nitrogens with one attached hydrogen (secondary N) is 1. The summed E-state index contributed by atoms with van der Waals surface area (Å²) in [6.07, 6.45) is 1.31. The fraction of sp³-hybridized carbons (Fsp3) is 0.467. The summed E-state index contributed by atoms with van der Waals surface area (Å²) in [5, 5.41) is 11.6. The Labute approximate surface area is 119 Å². The second-order valence-electron chi connectivity index (χ2n) is 4.82. The first kappa shape index (κ1) is 15.8. The molecule has 1 aromatic rings. The molecular formula is C15H21N3O2. The summed E-state index contributed by atoms with van der Waals surface area (Å²) in [5.74, 6) is 0.240. The van der Waals surface area contributed by atoms with E-state index in [1.807, 2.05) is 13.0 Å². The largest absolute Gasteiger partial charge is 0.479 e. The van der Waals surface area contributed by atoms with Crippen molar-refractivity contribution in [1.82, 2.24) is 5.32 Å². The molecule has 20 heavy (non-hydrogen) atoms. The van der Waals surface area contributed by atoms with Crippen LogP contribution in [-0.4, -0.2) is 18.1 Å². The number of anilines is 1. The van der Waals surface area contributed by atoms with Gasteiger partial charge in [0.1, 0.15) is 5.75 Å². The normalized spacial score (nSPS) is 13.1. The molecule has 0 bridgehead atoms. The van der Waals surface area contributed by atoms with Gasteiger partial charge in [-0.3, -0.25) is 4.79 Å². The van der Waals surface area contributed by atoms with Crippen molar-refractivity contribution in [3.8, 4) is 11.8 Å². The Bertz CT molecular complexity index is 508. The number of rotatable bonds is 6. The first-order chi connectivity index (χ1) is 9.47. The first-order valence-electron chi connectivity index (χ1n) is 6.74. The second kappa shape index (κ2) is 7.39. The van der Waals surface area contributed by atoms with Crippen molar-refractivity contribution >= 4 is 11.6 Å². The van der Waals surface area contributed by atoms with Crippen molar-refractivity contribution in [3.63, 3.8) is 0 Å². The molecule has 5 heteroatoms. The zero-order chi connectivity index (χ0) is 15.1. The number of carbonyl (C=O) groups is 1. The van der Waals surface area contributed by atoms with E-state index >= 15 is 0 Å². The van der Waals surface area contributed by atoms with Crippen LogP contribution in [0.3, 0.4) is 0 Å². The highest BCUT2D eigenvalue weighted by atomic mass is 16.5. The Hall–Kier alpha value is -2.22. The maximum absolute atomic E-state index is 11.9. The van der Waals surface area contributed by atoms with E-state index in [1.54, 1.807) is 19.1 Å². The lowest BCUT2D eigenvalue weighted by Gasteiger charge is -2.19. The van der Waals surface area contributed by atoms with Crippen LogP contribution in [0, 0.1) is 11.3 Å². The van der Waals surface area contributed by atoms with Crippen molar-refractivity contribution < 1.29 is 9.53 Å². The molecule has 0 radical (unpaired) electrons. The molecular weight excluding hydrogens is 254 g/mol. The fourth-order valence-corrected chi connectivity index (χ4v) is 1.83. The lowest BCUT2D eigenvalue weighted by molar-refractivity contribution is -0.127. The minimum Gasteiger partial charge on any atom is -0.479 e. The van der Waals surface area contributed by atoms with Crippen molar-refractivity contribution in [2.45, 2.75) is 45.8 Å². The third-order valence-corrected chi connectivity index (χ3v) is 2.92. The van der Waals surface area contributed by atoms with Gasteiger partial charge in [0.15, 0.2) is 6.10 Å². The Morgan fingerprint density at radius 1 is 1.50 bits per heavy atom. The molecule has 0 aliphatic heterocycles. The number of hydrogen-bond donors (Lipinski definition) is 2. The van der Waals surface area contributed by atoms with Gasteiger partial charge in [-0.25, -0.2) is 0 Å². The van der Waals surface area contributed by atoms with Crippen molar-refractivity contribution in [2.24, 2.45) is 0 Å². The molecule has 0 aliphatic carbocycles. The van der Waals surface area contributed by atoms with E-state index in [-0.39, 0.29) is 11.9 Å². The predicted octanol–water partition coefficient (Wildman–Crippen LogP) is 2.21. The highest BCUT2D eigenvalue weighted by Crippen LogP contribution is 2.23. The number of benzene rings is 1. The van der Waals surface area contributed by atoms with Gasteiger partial charge in [0.25, 0.3) is 5.91 Å². The van der Waals surface area contributed by atoms with Crippen LogP contribution >= 0.6 is 0 Å². The topological polar surface area (TPSA) is 88.1 Å². The molecule has 1 rings (SSSR count). The van der Waals surface area contributed by atoms with Gasteiger partial charge < -0.3 is 15.8 Å². The molecule has 2 atom stereocenters. The summed E-state index contributed by atoms with van der Waals surface area (Å²) in [6, 6.07) is 6.86. The molecule has 5 nitrogen and oxygen atoms in total. The average molecular weight is 275 g/mol.